The van der Waals surface area contributed by atoms with E-state index >= 15 is 0 Å². The van der Waals surface area contributed by atoms with Crippen LogP contribution < -0.4 is 15.4 Å². The molecule has 5 rings (SSSR count). The number of aromatic nitrogens is 1. The number of anilines is 1. The standard InChI is InChI=1S/C29H23N3O3S/c1-19-23(28-30-25-11-5-6-13-26(25)35-28)10-7-12-24(19)31-29(36)32-27(33)21-14-16-22(17-15-21)34-18-20-8-3-2-4-9-20/h2-17H,18H2,1H3,(H2,31,32,33,36). The van der Waals surface area contributed by atoms with Crippen molar-refractivity contribution >= 4 is 40.0 Å². The molecule has 0 saturated carbocycles. The highest BCUT2D eigenvalue weighted by atomic mass is 32.1. The summed E-state index contributed by atoms with van der Waals surface area (Å²) >= 11 is 5.40. The number of para-hydroxylation sites is 2. The minimum absolute atomic E-state index is 0.196. The second-order valence-corrected chi connectivity index (χ2v) is 8.58. The number of oxazole rings is 1. The fourth-order valence-corrected chi connectivity index (χ4v) is 3.97. The van der Waals surface area contributed by atoms with Crippen molar-refractivity contribution < 1.29 is 13.9 Å². The summed E-state index contributed by atoms with van der Waals surface area (Å²) < 4.78 is 11.7. The molecule has 1 aromatic heterocycles. The number of amides is 1. The van der Waals surface area contributed by atoms with E-state index in [2.05, 4.69) is 15.6 Å². The van der Waals surface area contributed by atoms with Crippen molar-refractivity contribution in [3.8, 4) is 17.2 Å². The average molecular weight is 494 g/mol. The highest BCUT2D eigenvalue weighted by molar-refractivity contribution is 7.80. The molecule has 0 radical (unpaired) electrons. The van der Waals surface area contributed by atoms with Gasteiger partial charge in [0.15, 0.2) is 10.7 Å². The van der Waals surface area contributed by atoms with Crippen molar-refractivity contribution in [1.29, 1.82) is 0 Å². The Morgan fingerprint density at radius 2 is 1.67 bits per heavy atom. The predicted octanol–water partition coefficient (Wildman–Crippen LogP) is 6.51. The van der Waals surface area contributed by atoms with Gasteiger partial charge < -0.3 is 14.5 Å². The number of rotatable bonds is 6. The molecular formula is C29H23N3O3S. The molecule has 0 atom stereocenters. The number of carbonyl (C=O) groups excluding carboxylic acids is 1. The molecule has 0 spiro atoms. The number of benzene rings is 4. The van der Waals surface area contributed by atoms with Crippen molar-refractivity contribution in [3.63, 3.8) is 0 Å². The predicted molar refractivity (Wildman–Crippen MR) is 145 cm³/mol. The number of ether oxygens (including phenoxy) is 1. The molecular weight excluding hydrogens is 470 g/mol. The monoisotopic (exact) mass is 493 g/mol. The van der Waals surface area contributed by atoms with Gasteiger partial charge in [0.25, 0.3) is 5.91 Å². The summed E-state index contributed by atoms with van der Waals surface area (Å²) in [4.78, 5) is 17.3. The van der Waals surface area contributed by atoms with E-state index in [0.717, 1.165) is 33.5 Å². The summed E-state index contributed by atoms with van der Waals surface area (Å²) in [6.45, 7) is 2.41. The van der Waals surface area contributed by atoms with Gasteiger partial charge in [0, 0.05) is 16.8 Å². The summed E-state index contributed by atoms with van der Waals surface area (Å²) in [7, 11) is 0. The Hall–Kier alpha value is -4.49. The fourth-order valence-electron chi connectivity index (χ4n) is 3.76. The minimum atomic E-state index is -0.310. The van der Waals surface area contributed by atoms with Gasteiger partial charge in [-0.25, -0.2) is 4.98 Å². The zero-order valence-corrected chi connectivity index (χ0v) is 20.3. The van der Waals surface area contributed by atoms with Gasteiger partial charge in [0.1, 0.15) is 17.9 Å². The molecule has 6 nitrogen and oxygen atoms in total. The fraction of sp³-hybridized carbons (Fsp3) is 0.0690. The van der Waals surface area contributed by atoms with Crippen LogP contribution in [0.4, 0.5) is 5.69 Å². The van der Waals surface area contributed by atoms with Gasteiger partial charge in [-0.05, 0) is 78.8 Å². The molecule has 0 unspecified atom stereocenters. The third kappa shape index (κ3) is 5.26. The third-order valence-corrected chi connectivity index (χ3v) is 5.90. The summed E-state index contributed by atoms with van der Waals surface area (Å²) in [6, 6.07) is 30.2. The Labute approximate surface area is 213 Å². The van der Waals surface area contributed by atoms with Crippen molar-refractivity contribution in [2.24, 2.45) is 0 Å². The Bertz CT molecular complexity index is 1500. The molecule has 0 aliphatic heterocycles. The minimum Gasteiger partial charge on any atom is -0.489 e. The van der Waals surface area contributed by atoms with Crippen molar-refractivity contribution in [2.45, 2.75) is 13.5 Å². The van der Waals surface area contributed by atoms with Crippen LogP contribution in [0.5, 0.6) is 5.75 Å². The van der Waals surface area contributed by atoms with Gasteiger partial charge >= 0.3 is 0 Å². The molecule has 2 N–H and O–H groups in total. The summed E-state index contributed by atoms with van der Waals surface area (Å²) in [5, 5.41) is 6.04. The number of nitrogens with zero attached hydrogens (tertiary/aromatic N) is 1. The van der Waals surface area contributed by atoms with Crippen molar-refractivity contribution in [3.05, 3.63) is 114 Å². The zero-order valence-electron chi connectivity index (χ0n) is 19.5. The van der Waals surface area contributed by atoms with Gasteiger partial charge in [-0.3, -0.25) is 10.1 Å². The zero-order chi connectivity index (χ0) is 24.9. The normalized spacial score (nSPS) is 10.7. The summed E-state index contributed by atoms with van der Waals surface area (Å²) in [5.41, 5.74) is 5.57. The Kier molecular flexibility index (Phi) is 6.73. The smallest absolute Gasteiger partial charge is 0.257 e. The van der Waals surface area contributed by atoms with Gasteiger partial charge in [-0.1, -0.05) is 48.5 Å². The first-order valence-corrected chi connectivity index (χ1v) is 11.8. The van der Waals surface area contributed by atoms with Crippen molar-refractivity contribution in [2.75, 3.05) is 5.32 Å². The molecule has 36 heavy (non-hydrogen) atoms. The lowest BCUT2D eigenvalue weighted by molar-refractivity contribution is 0.0977. The second kappa shape index (κ2) is 10.4. The van der Waals surface area contributed by atoms with E-state index in [4.69, 9.17) is 21.4 Å². The average Bonchev–Trinajstić information content (AvgIpc) is 3.33. The van der Waals surface area contributed by atoms with Crippen LogP contribution in [-0.2, 0) is 6.61 Å². The van der Waals surface area contributed by atoms with E-state index < -0.39 is 0 Å². The van der Waals surface area contributed by atoms with Crippen LogP contribution >= 0.6 is 12.2 Å². The van der Waals surface area contributed by atoms with Crippen molar-refractivity contribution in [1.82, 2.24) is 10.3 Å². The van der Waals surface area contributed by atoms with Crippen LogP contribution in [0.3, 0.4) is 0 Å². The third-order valence-electron chi connectivity index (χ3n) is 5.70. The molecule has 178 valence electrons. The lowest BCUT2D eigenvalue weighted by Gasteiger charge is -2.13. The molecule has 0 aliphatic carbocycles. The number of carbonyl (C=O) groups is 1. The highest BCUT2D eigenvalue weighted by Gasteiger charge is 2.14. The van der Waals surface area contributed by atoms with Crippen LogP contribution in [0.15, 0.2) is 101 Å². The van der Waals surface area contributed by atoms with Crippen LogP contribution in [0.25, 0.3) is 22.6 Å². The molecule has 0 saturated heterocycles. The van der Waals surface area contributed by atoms with Gasteiger partial charge in [0.2, 0.25) is 5.89 Å². The Morgan fingerprint density at radius 3 is 2.44 bits per heavy atom. The quantitative estimate of drug-likeness (QED) is 0.263. The van der Waals surface area contributed by atoms with Crippen LogP contribution in [0.2, 0.25) is 0 Å². The first-order chi connectivity index (χ1) is 17.6. The SMILES string of the molecule is Cc1c(NC(=S)NC(=O)c2ccc(OCc3ccccc3)cc2)cccc1-c1nc2ccccc2o1. The number of thiocarbonyl (C=S) groups is 1. The Balaban J connectivity index is 1.22. The first-order valence-electron chi connectivity index (χ1n) is 11.4. The number of hydrogen-bond donors (Lipinski definition) is 2. The van der Waals surface area contributed by atoms with E-state index in [0.29, 0.717) is 23.8 Å². The second-order valence-electron chi connectivity index (χ2n) is 8.17. The van der Waals surface area contributed by atoms with Crippen LogP contribution in [0.1, 0.15) is 21.5 Å². The highest BCUT2D eigenvalue weighted by Crippen LogP contribution is 2.30. The largest absolute Gasteiger partial charge is 0.489 e. The molecule has 5 aromatic rings. The van der Waals surface area contributed by atoms with Gasteiger partial charge in [-0.15, -0.1) is 0 Å². The topological polar surface area (TPSA) is 76.4 Å². The van der Waals surface area contributed by atoms with E-state index in [1.54, 1.807) is 24.3 Å². The number of hydrogen-bond acceptors (Lipinski definition) is 5. The maximum Gasteiger partial charge on any atom is 0.257 e. The number of fused-ring (bicyclic) bond motifs is 1. The summed E-state index contributed by atoms with van der Waals surface area (Å²) in [5.74, 6) is 0.902. The van der Waals surface area contributed by atoms with E-state index in [-0.39, 0.29) is 11.0 Å². The summed E-state index contributed by atoms with van der Waals surface area (Å²) in [6.07, 6.45) is 0. The molecule has 1 heterocycles. The number of nitrogens with one attached hydrogen (secondary N) is 2. The molecule has 4 aromatic carbocycles. The van der Waals surface area contributed by atoms with Crippen LogP contribution in [0, 0.1) is 6.92 Å². The molecule has 1 amide bonds. The van der Waals surface area contributed by atoms with E-state index in [1.165, 1.54) is 0 Å². The van der Waals surface area contributed by atoms with E-state index in [1.807, 2.05) is 79.7 Å². The first kappa shape index (κ1) is 23.3. The maximum absolute atomic E-state index is 12.7. The van der Waals surface area contributed by atoms with Gasteiger partial charge in [0.05, 0.1) is 0 Å². The maximum atomic E-state index is 12.7. The van der Waals surface area contributed by atoms with Crippen LogP contribution in [-0.4, -0.2) is 16.0 Å². The molecule has 0 bridgehead atoms. The molecule has 0 fully saturated rings. The Morgan fingerprint density at radius 1 is 0.917 bits per heavy atom. The molecule has 0 aliphatic rings. The van der Waals surface area contributed by atoms with Gasteiger partial charge in [-0.2, -0.15) is 0 Å². The van der Waals surface area contributed by atoms with E-state index in [9.17, 15) is 4.79 Å². The molecule has 7 heteroatoms. The lowest BCUT2D eigenvalue weighted by Crippen LogP contribution is -2.34. The lowest BCUT2D eigenvalue weighted by atomic mass is 10.1.